The SMILES string of the molecule is C=C([O-])[CH+]C(=O)[N-]c1ccccc1.[Li+].[Li].[Li]. The third-order valence-electron chi connectivity index (χ3n) is 1.28. The molecule has 0 heterocycles. The maximum absolute atomic E-state index is 10.9. The summed E-state index contributed by atoms with van der Waals surface area (Å²) in [5.41, 5.74) is 0.532. The molecule has 68 valence electrons. The molecule has 0 aliphatic rings. The van der Waals surface area contributed by atoms with E-state index in [1.54, 1.807) is 24.3 Å². The van der Waals surface area contributed by atoms with Gasteiger partial charge in [0.1, 0.15) is 0 Å². The minimum atomic E-state index is -0.578. The van der Waals surface area contributed by atoms with Crippen molar-refractivity contribution in [3.05, 3.63) is 54.4 Å². The standard InChI is InChI=1S/C10H9NO2.3Li/c1-8(12)7-10(13)11-9-5-3-2-4-6-9;;;/h2-7H,1H2,(H-,11,12,13);;;/q;;;+1/p-1. The Hall–Kier alpha value is -0.108. The summed E-state index contributed by atoms with van der Waals surface area (Å²) in [5.74, 6) is -1.11. The summed E-state index contributed by atoms with van der Waals surface area (Å²) in [5, 5.41) is 14.0. The summed E-state index contributed by atoms with van der Waals surface area (Å²) in [6, 6.07) is 8.70. The molecule has 2 radical (unpaired) electrons. The molecule has 0 unspecified atom stereocenters. The van der Waals surface area contributed by atoms with E-state index in [0.717, 1.165) is 6.42 Å². The van der Waals surface area contributed by atoms with Crippen LogP contribution in [0.15, 0.2) is 42.7 Å². The number of nitrogens with zero attached hydrogens (tertiary/aromatic N) is 1. The molecule has 0 saturated carbocycles. The van der Waals surface area contributed by atoms with Crippen molar-refractivity contribution >= 4 is 49.3 Å². The Morgan fingerprint density at radius 2 is 1.75 bits per heavy atom. The second-order valence-corrected chi connectivity index (χ2v) is 2.40. The van der Waals surface area contributed by atoms with E-state index in [2.05, 4.69) is 11.9 Å². The molecule has 0 saturated heterocycles. The number of para-hydroxylation sites is 1. The molecular weight excluding hydrogens is 187 g/mol. The van der Waals surface area contributed by atoms with Crippen molar-refractivity contribution in [2.45, 2.75) is 0 Å². The summed E-state index contributed by atoms with van der Waals surface area (Å²) in [4.78, 5) is 10.9. The second-order valence-electron chi connectivity index (χ2n) is 2.40. The molecule has 0 bridgehead atoms. The van der Waals surface area contributed by atoms with E-state index in [9.17, 15) is 9.90 Å². The van der Waals surface area contributed by atoms with Crippen LogP contribution >= 0.6 is 0 Å². The van der Waals surface area contributed by atoms with Crippen molar-refractivity contribution in [3.8, 4) is 0 Å². The third-order valence-corrected chi connectivity index (χ3v) is 1.28. The fraction of sp³-hybridized carbons (Fsp3) is 0. The summed E-state index contributed by atoms with van der Waals surface area (Å²) < 4.78 is 0. The number of carbonyl (C=O) groups is 1. The van der Waals surface area contributed by atoms with E-state index in [1.807, 2.05) is 6.07 Å². The molecule has 6 heteroatoms. The van der Waals surface area contributed by atoms with E-state index < -0.39 is 11.7 Å². The molecule has 0 aromatic heterocycles. The monoisotopic (exact) mass is 195 g/mol. The molecule has 0 atom stereocenters. The number of carbonyl (C=O) groups excluding carboxylic acids is 1. The molecule has 1 aromatic carbocycles. The van der Waals surface area contributed by atoms with Gasteiger partial charge in [0.25, 0.3) is 0 Å². The maximum atomic E-state index is 10.9. The van der Waals surface area contributed by atoms with Crippen molar-refractivity contribution in [2.24, 2.45) is 0 Å². The zero-order valence-electron chi connectivity index (χ0n) is 9.93. The predicted octanol–water partition coefficient (Wildman–Crippen LogP) is -2.46. The zero-order valence-corrected chi connectivity index (χ0v) is 9.93. The Morgan fingerprint density at radius 1 is 1.25 bits per heavy atom. The summed E-state index contributed by atoms with van der Waals surface area (Å²) >= 11 is 0. The first-order valence-electron chi connectivity index (χ1n) is 3.70. The molecule has 16 heavy (non-hydrogen) atoms. The van der Waals surface area contributed by atoms with Gasteiger partial charge in [-0.25, -0.2) is 0 Å². The van der Waals surface area contributed by atoms with E-state index >= 15 is 0 Å². The van der Waals surface area contributed by atoms with Gasteiger partial charge in [-0.15, -0.1) is 5.69 Å². The Morgan fingerprint density at radius 3 is 2.19 bits per heavy atom. The van der Waals surface area contributed by atoms with Gasteiger partial charge in [0.15, 0.2) is 5.91 Å². The maximum Gasteiger partial charge on any atom is 1.00 e. The van der Waals surface area contributed by atoms with Gasteiger partial charge in [0.2, 0.25) is 0 Å². The van der Waals surface area contributed by atoms with Crippen molar-refractivity contribution in [1.82, 2.24) is 0 Å². The normalized spacial score (nSPS) is 7.25. The quantitative estimate of drug-likeness (QED) is 0.305. The number of rotatable bonds is 3. The van der Waals surface area contributed by atoms with Crippen LogP contribution in [0, 0.1) is 6.42 Å². The smallest absolute Gasteiger partial charge is 0.841 e. The number of amides is 1. The van der Waals surface area contributed by atoms with Crippen molar-refractivity contribution in [2.75, 3.05) is 0 Å². The average molecular weight is 195 g/mol. The number of hydrogen-bond donors (Lipinski definition) is 0. The van der Waals surface area contributed by atoms with Gasteiger partial charge in [-0.3, -0.25) is 4.79 Å². The van der Waals surface area contributed by atoms with Crippen LogP contribution in [0.4, 0.5) is 5.69 Å². The minimum absolute atomic E-state index is 0. The summed E-state index contributed by atoms with van der Waals surface area (Å²) in [6.45, 7) is 3.04. The molecule has 1 amide bonds. The molecule has 1 rings (SSSR count). The van der Waals surface area contributed by atoms with E-state index in [1.165, 1.54) is 0 Å². The van der Waals surface area contributed by atoms with E-state index in [-0.39, 0.29) is 56.6 Å². The third kappa shape index (κ3) is 9.14. The van der Waals surface area contributed by atoms with E-state index in [0.29, 0.717) is 5.69 Å². The van der Waals surface area contributed by atoms with Crippen LogP contribution in [0.25, 0.3) is 5.32 Å². The van der Waals surface area contributed by atoms with Crippen LogP contribution < -0.4 is 24.0 Å². The largest absolute Gasteiger partial charge is 1.00 e. The van der Waals surface area contributed by atoms with Crippen LogP contribution in [0.2, 0.25) is 0 Å². The van der Waals surface area contributed by atoms with Crippen LogP contribution in [0.5, 0.6) is 0 Å². The minimum Gasteiger partial charge on any atom is -0.841 e. The molecular formula is C10H8Li3NO2. The Bertz CT molecular complexity index is 317. The molecule has 0 aliphatic carbocycles. The van der Waals surface area contributed by atoms with Gasteiger partial charge >= 0.3 is 18.9 Å². The Kier molecular flexibility index (Phi) is 15.1. The Labute approximate surface area is 132 Å². The summed E-state index contributed by atoms with van der Waals surface area (Å²) in [6.07, 6.45) is 0.854. The van der Waals surface area contributed by atoms with Crippen molar-refractivity contribution in [1.29, 1.82) is 0 Å². The van der Waals surface area contributed by atoms with Gasteiger partial charge in [-0.2, -0.15) is 0 Å². The van der Waals surface area contributed by atoms with E-state index in [4.69, 9.17) is 0 Å². The van der Waals surface area contributed by atoms with Gasteiger partial charge in [0.05, 0.1) is 12.2 Å². The molecule has 0 N–H and O–H groups in total. The predicted molar refractivity (Wildman–Crippen MR) is 59.4 cm³/mol. The fourth-order valence-corrected chi connectivity index (χ4v) is 0.800. The van der Waals surface area contributed by atoms with Gasteiger partial charge < -0.3 is 10.4 Å². The topological polar surface area (TPSA) is 54.2 Å². The number of hydrogen-bond acceptors (Lipinski definition) is 2. The van der Waals surface area contributed by atoms with Gasteiger partial charge in [0, 0.05) is 44.3 Å². The van der Waals surface area contributed by atoms with Crippen molar-refractivity contribution < 1.29 is 28.8 Å². The van der Waals surface area contributed by atoms with Gasteiger partial charge in [-0.05, 0) is 0 Å². The molecule has 3 nitrogen and oxygen atoms in total. The van der Waals surface area contributed by atoms with Crippen LogP contribution in [0.1, 0.15) is 0 Å². The molecule has 0 aliphatic heterocycles. The Balaban J connectivity index is -0.000000563. The van der Waals surface area contributed by atoms with Gasteiger partial charge in [-0.1, -0.05) is 30.3 Å². The van der Waals surface area contributed by atoms with Crippen LogP contribution in [-0.2, 0) is 4.79 Å². The molecule has 0 fully saturated rings. The zero-order chi connectivity index (χ0) is 9.68. The second kappa shape index (κ2) is 11.4. The average Bonchev–Trinajstić information content (AvgIpc) is 2.04. The molecule has 0 spiro atoms. The first-order valence-corrected chi connectivity index (χ1v) is 3.70. The first kappa shape index (κ1) is 21.2. The first-order chi connectivity index (χ1) is 6.18. The van der Waals surface area contributed by atoms with Crippen LogP contribution in [-0.4, -0.2) is 43.6 Å². The number of benzene rings is 1. The summed E-state index contributed by atoms with van der Waals surface area (Å²) in [7, 11) is 0. The molecule has 1 aromatic rings. The van der Waals surface area contributed by atoms with Crippen molar-refractivity contribution in [3.63, 3.8) is 0 Å². The van der Waals surface area contributed by atoms with Crippen LogP contribution in [0.3, 0.4) is 0 Å². The fourth-order valence-electron chi connectivity index (χ4n) is 0.800.